The second kappa shape index (κ2) is 6.69. The number of benzene rings is 1. The van der Waals surface area contributed by atoms with E-state index in [4.69, 9.17) is 13.9 Å². The fraction of sp³-hybridized carbons (Fsp3) is 0.409. The number of pyridine rings is 1. The molecule has 31 heavy (non-hydrogen) atoms. The molecule has 3 aromatic rings. The van der Waals surface area contributed by atoms with Gasteiger partial charge in [-0.05, 0) is 18.6 Å². The Labute approximate surface area is 180 Å². The molecule has 1 fully saturated rings. The standard InChI is InChI=1S/C22H24N2O6S/c1-21(2)12-23-22(6-7-29-13-22)20-19(21)17-5-4-15(9-18(17)30-20)31(26,27)16-8-14(28-3)10-24(25)11-16/h4-5,8-11,23H,6-7,12-13H2,1-3H3. The Morgan fingerprint density at radius 3 is 2.71 bits per heavy atom. The maximum Gasteiger partial charge on any atom is 0.222 e. The normalized spacial score (nSPS) is 22.7. The van der Waals surface area contributed by atoms with E-state index in [1.165, 1.54) is 25.4 Å². The third-order valence-corrected chi connectivity index (χ3v) is 8.03. The molecule has 2 aromatic heterocycles. The molecule has 4 heterocycles. The minimum absolute atomic E-state index is 0.0573. The second-order valence-corrected chi connectivity index (χ2v) is 10.8. The van der Waals surface area contributed by atoms with Crippen molar-refractivity contribution in [1.29, 1.82) is 0 Å². The van der Waals surface area contributed by atoms with Crippen molar-refractivity contribution in [1.82, 2.24) is 5.32 Å². The van der Waals surface area contributed by atoms with E-state index in [0.717, 1.165) is 35.9 Å². The third kappa shape index (κ3) is 3.02. The maximum absolute atomic E-state index is 13.2. The number of nitrogens with zero attached hydrogens (tertiary/aromatic N) is 1. The first-order chi connectivity index (χ1) is 14.7. The molecule has 1 spiro atoms. The van der Waals surface area contributed by atoms with Crippen molar-refractivity contribution in [2.45, 2.75) is 41.0 Å². The number of ether oxygens (including phenoxy) is 2. The average Bonchev–Trinajstić information content (AvgIpc) is 3.36. The molecule has 0 saturated carbocycles. The number of hydrogen-bond donors (Lipinski definition) is 1. The number of sulfone groups is 1. The first-order valence-electron chi connectivity index (χ1n) is 10.1. The predicted molar refractivity (Wildman–Crippen MR) is 112 cm³/mol. The first kappa shape index (κ1) is 20.3. The lowest BCUT2D eigenvalue weighted by atomic mass is 9.74. The van der Waals surface area contributed by atoms with Gasteiger partial charge in [0, 0.05) is 41.6 Å². The number of rotatable bonds is 3. The summed E-state index contributed by atoms with van der Waals surface area (Å²) in [5.41, 5.74) is 1.03. The van der Waals surface area contributed by atoms with Gasteiger partial charge in [0.25, 0.3) is 0 Å². The van der Waals surface area contributed by atoms with Crippen molar-refractivity contribution in [3.63, 3.8) is 0 Å². The van der Waals surface area contributed by atoms with E-state index in [9.17, 15) is 13.6 Å². The van der Waals surface area contributed by atoms with Crippen molar-refractivity contribution in [2.75, 3.05) is 26.9 Å². The smallest absolute Gasteiger partial charge is 0.222 e. The van der Waals surface area contributed by atoms with Crippen LogP contribution in [-0.2, 0) is 25.5 Å². The first-order valence-corrected chi connectivity index (χ1v) is 11.6. The fourth-order valence-electron chi connectivity index (χ4n) is 4.59. The van der Waals surface area contributed by atoms with Gasteiger partial charge in [0.2, 0.25) is 16.0 Å². The molecule has 0 amide bonds. The molecule has 1 unspecified atom stereocenters. The van der Waals surface area contributed by atoms with Gasteiger partial charge in [0.1, 0.15) is 21.8 Å². The van der Waals surface area contributed by atoms with E-state index in [1.54, 1.807) is 12.1 Å². The summed E-state index contributed by atoms with van der Waals surface area (Å²) in [6, 6.07) is 6.24. The molecule has 1 aromatic carbocycles. The average molecular weight is 445 g/mol. The van der Waals surface area contributed by atoms with Gasteiger partial charge in [0.05, 0.1) is 18.6 Å². The van der Waals surface area contributed by atoms with Crippen LogP contribution in [0.5, 0.6) is 5.75 Å². The molecular weight excluding hydrogens is 420 g/mol. The fourth-order valence-corrected chi connectivity index (χ4v) is 5.89. The Morgan fingerprint density at radius 1 is 1.19 bits per heavy atom. The van der Waals surface area contributed by atoms with Crippen LogP contribution in [0.1, 0.15) is 31.6 Å². The monoisotopic (exact) mass is 444 g/mol. The highest BCUT2D eigenvalue weighted by Crippen LogP contribution is 2.47. The van der Waals surface area contributed by atoms with Gasteiger partial charge >= 0.3 is 0 Å². The number of methoxy groups -OCH3 is 1. The predicted octanol–water partition coefficient (Wildman–Crippen LogP) is 2.40. The highest BCUT2D eigenvalue weighted by atomic mass is 32.2. The van der Waals surface area contributed by atoms with Crippen LogP contribution < -0.4 is 14.8 Å². The van der Waals surface area contributed by atoms with Crippen molar-refractivity contribution in [3.8, 4) is 5.75 Å². The number of aromatic nitrogens is 1. The van der Waals surface area contributed by atoms with E-state index in [-0.39, 0.29) is 26.5 Å². The summed E-state index contributed by atoms with van der Waals surface area (Å²) in [6.45, 7) is 6.23. The molecule has 1 saturated heterocycles. The minimum Gasteiger partial charge on any atom is -0.619 e. The van der Waals surface area contributed by atoms with Gasteiger partial charge in [-0.2, -0.15) is 4.73 Å². The summed E-state index contributed by atoms with van der Waals surface area (Å²) < 4.78 is 43.9. The summed E-state index contributed by atoms with van der Waals surface area (Å²) in [6.07, 6.45) is 2.99. The molecule has 9 heteroatoms. The van der Waals surface area contributed by atoms with E-state index >= 15 is 0 Å². The highest BCUT2D eigenvalue weighted by Gasteiger charge is 2.49. The van der Waals surface area contributed by atoms with Crippen LogP contribution in [0.25, 0.3) is 11.0 Å². The van der Waals surface area contributed by atoms with E-state index < -0.39 is 9.84 Å². The van der Waals surface area contributed by atoms with Crippen molar-refractivity contribution in [3.05, 3.63) is 53.2 Å². The summed E-state index contributed by atoms with van der Waals surface area (Å²) in [5.74, 6) is 0.992. The Kier molecular flexibility index (Phi) is 4.38. The van der Waals surface area contributed by atoms with Crippen LogP contribution in [0.15, 0.2) is 50.9 Å². The highest BCUT2D eigenvalue weighted by molar-refractivity contribution is 7.91. The Morgan fingerprint density at radius 2 is 2.00 bits per heavy atom. The summed E-state index contributed by atoms with van der Waals surface area (Å²) in [5, 5.41) is 16.3. The molecule has 2 aliphatic heterocycles. The lowest BCUT2D eigenvalue weighted by Crippen LogP contribution is -2.53. The van der Waals surface area contributed by atoms with Gasteiger partial charge in [-0.25, -0.2) is 8.42 Å². The SMILES string of the molecule is COc1cc(S(=O)(=O)c2ccc3c4c(oc3c2)C2(CCOC2)NCC4(C)C)c[n+]([O-])c1. The largest absolute Gasteiger partial charge is 0.619 e. The molecular formula is C22H24N2O6S. The van der Waals surface area contributed by atoms with Crippen LogP contribution in [0, 0.1) is 5.21 Å². The lowest BCUT2D eigenvalue weighted by molar-refractivity contribution is -0.608. The zero-order valence-electron chi connectivity index (χ0n) is 17.6. The second-order valence-electron chi connectivity index (χ2n) is 8.86. The molecule has 164 valence electrons. The summed E-state index contributed by atoms with van der Waals surface area (Å²) in [7, 11) is -2.57. The molecule has 5 rings (SSSR count). The van der Waals surface area contributed by atoms with Crippen LogP contribution in [0.2, 0.25) is 0 Å². The third-order valence-electron chi connectivity index (χ3n) is 6.31. The van der Waals surface area contributed by atoms with Crippen molar-refractivity contribution >= 4 is 20.8 Å². The molecule has 0 radical (unpaired) electrons. The molecule has 0 aliphatic carbocycles. The lowest BCUT2D eigenvalue weighted by Gasteiger charge is -2.40. The van der Waals surface area contributed by atoms with E-state index in [2.05, 4.69) is 19.2 Å². The number of hydrogen-bond acceptors (Lipinski definition) is 7. The van der Waals surface area contributed by atoms with E-state index in [1.807, 2.05) is 0 Å². The van der Waals surface area contributed by atoms with Gasteiger partial charge in [-0.15, -0.1) is 0 Å². The van der Waals surface area contributed by atoms with Gasteiger partial charge in [-0.1, -0.05) is 13.8 Å². The number of fused-ring (bicyclic) bond motifs is 4. The summed E-state index contributed by atoms with van der Waals surface area (Å²) in [4.78, 5) is -0.0815. The van der Waals surface area contributed by atoms with Crippen LogP contribution >= 0.6 is 0 Å². The molecule has 0 bridgehead atoms. The van der Waals surface area contributed by atoms with Gasteiger partial charge in [-0.3, -0.25) is 0 Å². The van der Waals surface area contributed by atoms with Gasteiger partial charge in [0.15, 0.2) is 11.9 Å². The Hall–Kier alpha value is -2.62. The van der Waals surface area contributed by atoms with Crippen molar-refractivity contribution in [2.24, 2.45) is 0 Å². The van der Waals surface area contributed by atoms with Crippen molar-refractivity contribution < 1.29 is 27.0 Å². The molecule has 1 N–H and O–H groups in total. The zero-order valence-corrected chi connectivity index (χ0v) is 18.4. The van der Waals surface area contributed by atoms with Crippen LogP contribution in [0.3, 0.4) is 0 Å². The zero-order chi connectivity index (χ0) is 22.0. The van der Waals surface area contributed by atoms with Crippen LogP contribution in [0.4, 0.5) is 0 Å². The maximum atomic E-state index is 13.2. The Balaban J connectivity index is 1.68. The van der Waals surface area contributed by atoms with E-state index in [0.29, 0.717) is 23.5 Å². The van der Waals surface area contributed by atoms with Crippen LogP contribution in [-0.4, -0.2) is 35.3 Å². The van der Waals surface area contributed by atoms with Gasteiger partial charge < -0.3 is 24.4 Å². The topological polar surface area (TPSA) is 105 Å². The Bertz CT molecular complexity index is 1290. The quantitative estimate of drug-likeness (QED) is 0.489. The minimum atomic E-state index is -3.94. The number of nitrogens with one attached hydrogen (secondary N) is 1. The number of furan rings is 1. The molecule has 1 atom stereocenters. The summed E-state index contributed by atoms with van der Waals surface area (Å²) >= 11 is 0. The molecule has 8 nitrogen and oxygen atoms in total. The molecule has 2 aliphatic rings.